The number of carbonyl (C=O) groups excluding carboxylic acids is 1. The molecule has 14 unspecified atom stereocenters. The van der Waals surface area contributed by atoms with Crippen LogP contribution in [0.4, 0.5) is 0 Å². The van der Waals surface area contributed by atoms with E-state index in [4.69, 9.17) is 28.4 Å². The van der Waals surface area contributed by atoms with E-state index in [1.54, 1.807) is 6.92 Å². The molecule has 260 valence electrons. The van der Waals surface area contributed by atoms with Crippen molar-refractivity contribution in [1.82, 2.24) is 0 Å². The molecular formula is C30H50O15. The lowest BCUT2D eigenvalue weighted by atomic mass is 9.78. The van der Waals surface area contributed by atoms with Crippen molar-refractivity contribution >= 4 is 11.9 Å². The molecule has 4 fully saturated rings. The summed E-state index contributed by atoms with van der Waals surface area (Å²) in [5, 5.41) is 73.2. The Morgan fingerprint density at radius 1 is 0.822 bits per heavy atom. The zero-order valence-electron chi connectivity index (χ0n) is 26.0. The summed E-state index contributed by atoms with van der Waals surface area (Å²) in [6, 6.07) is 0. The van der Waals surface area contributed by atoms with E-state index in [9.17, 15) is 45.3 Å². The molecule has 0 spiro atoms. The van der Waals surface area contributed by atoms with Gasteiger partial charge in [0.25, 0.3) is 0 Å². The standard InChI is InChI=1S/C30H50O15/c1-13-9-16(28(39)40-3)11-17(25(13)45-29-23(35)22(34)20(32)14(2)41-29)43-30-24(36)26(21(33)19(12-31)44-30)42-18(27(37)38)10-15-7-5-4-6-8-15/h13-26,29-36H,4-12H2,1-3H3,(H,37,38)/t13?,14?,16?,17?,18-,19?,20?,21?,22?,23?,24?,25?,26?,29?,30?/m0/s1. The van der Waals surface area contributed by atoms with Gasteiger partial charge in [0.1, 0.15) is 42.7 Å². The predicted molar refractivity (Wildman–Crippen MR) is 151 cm³/mol. The predicted octanol–water partition coefficient (Wildman–Crippen LogP) is -0.949. The summed E-state index contributed by atoms with van der Waals surface area (Å²) in [4.78, 5) is 24.7. The molecule has 4 rings (SSSR count). The highest BCUT2D eigenvalue weighted by molar-refractivity contribution is 5.72. The molecule has 15 nitrogen and oxygen atoms in total. The van der Waals surface area contributed by atoms with Crippen LogP contribution in [0.1, 0.15) is 65.2 Å². The van der Waals surface area contributed by atoms with E-state index in [0.29, 0.717) is 6.42 Å². The Balaban J connectivity index is 1.54. The third-order valence-electron chi connectivity index (χ3n) is 9.73. The molecular weight excluding hydrogens is 600 g/mol. The van der Waals surface area contributed by atoms with Gasteiger partial charge in [0, 0.05) is 0 Å². The lowest BCUT2D eigenvalue weighted by molar-refractivity contribution is -0.350. The highest BCUT2D eigenvalue weighted by Crippen LogP contribution is 2.38. The summed E-state index contributed by atoms with van der Waals surface area (Å²) in [6.45, 7) is 2.58. The van der Waals surface area contributed by atoms with Crippen LogP contribution in [0.2, 0.25) is 0 Å². The minimum Gasteiger partial charge on any atom is -0.479 e. The Labute approximate surface area is 262 Å². The maximum Gasteiger partial charge on any atom is 0.332 e. The fourth-order valence-corrected chi connectivity index (χ4v) is 7.08. The molecule has 15 heteroatoms. The van der Waals surface area contributed by atoms with Crippen LogP contribution in [-0.2, 0) is 38.0 Å². The second-order valence-electron chi connectivity index (χ2n) is 13.0. The van der Waals surface area contributed by atoms with E-state index in [2.05, 4.69) is 0 Å². The molecule has 2 heterocycles. The molecule has 0 aromatic carbocycles. The van der Waals surface area contributed by atoms with Crippen LogP contribution in [0.5, 0.6) is 0 Å². The molecule has 2 saturated heterocycles. The molecule has 2 saturated carbocycles. The van der Waals surface area contributed by atoms with Crippen molar-refractivity contribution < 1.29 is 73.8 Å². The van der Waals surface area contributed by atoms with Gasteiger partial charge in [-0.25, -0.2) is 4.79 Å². The molecule has 45 heavy (non-hydrogen) atoms. The normalized spacial score (nSPS) is 43.8. The number of esters is 1. The van der Waals surface area contributed by atoms with E-state index in [1.165, 1.54) is 14.0 Å². The van der Waals surface area contributed by atoms with Crippen molar-refractivity contribution in [2.45, 2.75) is 145 Å². The number of aliphatic carboxylic acids is 1. The van der Waals surface area contributed by atoms with Gasteiger partial charge in [0.05, 0.1) is 37.9 Å². The minimum absolute atomic E-state index is 0.0229. The second-order valence-corrected chi connectivity index (χ2v) is 13.0. The van der Waals surface area contributed by atoms with Gasteiger partial charge < -0.3 is 64.2 Å². The molecule has 0 bridgehead atoms. The summed E-state index contributed by atoms with van der Waals surface area (Å²) in [5.74, 6) is -2.69. The number of carboxylic acid groups (broad SMARTS) is 1. The van der Waals surface area contributed by atoms with Crippen molar-refractivity contribution in [2.75, 3.05) is 13.7 Å². The number of hydrogen-bond acceptors (Lipinski definition) is 14. The van der Waals surface area contributed by atoms with Crippen molar-refractivity contribution in [3.63, 3.8) is 0 Å². The zero-order chi connectivity index (χ0) is 33.0. The van der Waals surface area contributed by atoms with Crippen LogP contribution < -0.4 is 0 Å². The zero-order valence-corrected chi connectivity index (χ0v) is 26.0. The summed E-state index contributed by atoms with van der Waals surface area (Å²) in [7, 11) is 1.25. The van der Waals surface area contributed by atoms with Crippen LogP contribution in [0.25, 0.3) is 0 Å². The maximum absolute atomic E-state index is 12.6. The summed E-state index contributed by atoms with van der Waals surface area (Å²) in [5.41, 5.74) is 0. The van der Waals surface area contributed by atoms with Crippen LogP contribution in [0.15, 0.2) is 0 Å². The van der Waals surface area contributed by atoms with Gasteiger partial charge in [-0.2, -0.15) is 0 Å². The van der Waals surface area contributed by atoms with Crippen LogP contribution >= 0.6 is 0 Å². The van der Waals surface area contributed by atoms with E-state index in [1.807, 2.05) is 0 Å². The largest absolute Gasteiger partial charge is 0.479 e. The average Bonchev–Trinajstić information content (AvgIpc) is 3.02. The van der Waals surface area contributed by atoms with Gasteiger partial charge in [-0.3, -0.25) is 4.79 Å². The van der Waals surface area contributed by atoms with Crippen molar-refractivity contribution in [1.29, 1.82) is 0 Å². The van der Waals surface area contributed by atoms with Gasteiger partial charge in [0.15, 0.2) is 18.7 Å². The summed E-state index contributed by atoms with van der Waals surface area (Å²) < 4.78 is 34.5. The van der Waals surface area contributed by atoms with Gasteiger partial charge in [-0.1, -0.05) is 39.0 Å². The van der Waals surface area contributed by atoms with Crippen LogP contribution in [-0.4, -0.2) is 141 Å². The third kappa shape index (κ3) is 8.51. The lowest BCUT2D eigenvalue weighted by Gasteiger charge is -2.47. The molecule has 0 aromatic heterocycles. The first-order valence-corrected chi connectivity index (χ1v) is 15.9. The molecule has 0 aromatic rings. The van der Waals surface area contributed by atoms with Crippen LogP contribution in [0.3, 0.4) is 0 Å². The molecule has 2 aliphatic heterocycles. The second kappa shape index (κ2) is 16.1. The Kier molecular flexibility index (Phi) is 13.0. The van der Waals surface area contributed by atoms with E-state index >= 15 is 0 Å². The number of aliphatic hydroxyl groups is 6. The monoisotopic (exact) mass is 650 g/mol. The van der Waals surface area contributed by atoms with E-state index < -0.39 is 110 Å². The molecule has 4 aliphatic rings. The average molecular weight is 651 g/mol. The first-order valence-electron chi connectivity index (χ1n) is 15.9. The number of rotatable bonds is 11. The number of carboxylic acids is 1. The SMILES string of the molecule is COC(=O)C1CC(C)C(OC2OC(C)C(O)C(O)C2O)C(OC2OC(CO)C(O)C(O[C@@H](CC3CCCCC3)C(=O)O)C2O)C1. The van der Waals surface area contributed by atoms with Crippen molar-refractivity contribution in [3.8, 4) is 0 Å². The van der Waals surface area contributed by atoms with Crippen molar-refractivity contribution in [3.05, 3.63) is 0 Å². The molecule has 0 radical (unpaired) electrons. The fourth-order valence-electron chi connectivity index (χ4n) is 7.08. The maximum atomic E-state index is 12.6. The quantitative estimate of drug-likeness (QED) is 0.134. The highest BCUT2D eigenvalue weighted by atomic mass is 16.7. The van der Waals surface area contributed by atoms with E-state index in [0.717, 1.165) is 32.1 Å². The Hall–Kier alpha value is -1.50. The van der Waals surface area contributed by atoms with Gasteiger partial charge >= 0.3 is 11.9 Å². The number of aliphatic hydroxyl groups excluding tert-OH is 6. The Bertz CT molecular complexity index is 962. The molecule has 0 amide bonds. The number of methoxy groups -OCH3 is 1. The first kappa shape index (κ1) is 36.3. The molecule has 2 aliphatic carbocycles. The lowest BCUT2D eigenvalue weighted by Crippen LogP contribution is -2.63. The van der Waals surface area contributed by atoms with Crippen molar-refractivity contribution in [2.24, 2.45) is 17.8 Å². The third-order valence-corrected chi connectivity index (χ3v) is 9.73. The number of carbonyl (C=O) groups is 2. The fraction of sp³-hybridized carbons (Fsp3) is 0.933. The Morgan fingerprint density at radius 3 is 2.11 bits per heavy atom. The van der Waals surface area contributed by atoms with Crippen LogP contribution in [0, 0.1) is 17.8 Å². The highest BCUT2D eigenvalue weighted by Gasteiger charge is 2.52. The molecule has 7 N–H and O–H groups in total. The number of hydrogen-bond donors (Lipinski definition) is 7. The minimum atomic E-state index is -1.71. The smallest absolute Gasteiger partial charge is 0.332 e. The molecule has 15 atom stereocenters. The summed E-state index contributed by atoms with van der Waals surface area (Å²) in [6.07, 6.45) is -12.4. The summed E-state index contributed by atoms with van der Waals surface area (Å²) >= 11 is 0. The topological polar surface area (TPSA) is 231 Å². The van der Waals surface area contributed by atoms with Gasteiger partial charge in [-0.05, 0) is 38.0 Å². The first-order chi connectivity index (χ1) is 21.4. The number of ether oxygens (including phenoxy) is 6. The van der Waals surface area contributed by atoms with E-state index in [-0.39, 0.29) is 18.8 Å². The Morgan fingerprint density at radius 2 is 1.49 bits per heavy atom. The van der Waals surface area contributed by atoms with Gasteiger partial charge in [-0.15, -0.1) is 0 Å². The van der Waals surface area contributed by atoms with Gasteiger partial charge in [0.2, 0.25) is 0 Å².